The van der Waals surface area contributed by atoms with Crippen LogP contribution < -0.4 is 5.32 Å². The van der Waals surface area contributed by atoms with Gasteiger partial charge in [0.25, 0.3) is 0 Å². The van der Waals surface area contributed by atoms with Gasteiger partial charge in [-0.1, -0.05) is 25.0 Å². The fraction of sp³-hybridized carbons (Fsp3) is 0.733. The van der Waals surface area contributed by atoms with Crippen molar-refractivity contribution in [2.24, 2.45) is 11.8 Å². The molecule has 0 heterocycles. The Kier molecular flexibility index (Phi) is 7.91. The van der Waals surface area contributed by atoms with Gasteiger partial charge in [-0.05, 0) is 31.1 Å². The van der Waals surface area contributed by atoms with Crippen molar-refractivity contribution in [3.63, 3.8) is 0 Å². The minimum Gasteiger partial charge on any atom is -0.438 e. The first kappa shape index (κ1) is 19.3. The topological polar surface area (TPSA) is 64.6 Å². The molecule has 0 aromatic heterocycles. The van der Waals surface area contributed by atoms with E-state index in [4.69, 9.17) is 4.74 Å². The van der Waals surface area contributed by atoms with Crippen molar-refractivity contribution in [1.29, 1.82) is 0 Å². The lowest BCUT2D eigenvalue weighted by atomic mass is 9.77. The highest BCUT2D eigenvalue weighted by Crippen LogP contribution is 2.33. The molecule has 1 saturated carbocycles. The Morgan fingerprint density at radius 1 is 1.26 bits per heavy atom. The summed E-state index contributed by atoms with van der Waals surface area (Å²) in [6.07, 6.45) is 2.48. The Morgan fingerprint density at radius 2 is 1.96 bits per heavy atom. The van der Waals surface area contributed by atoms with Crippen LogP contribution in [0.2, 0.25) is 0 Å². The number of allylic oxidation sites excluding steroid dienone is 1. The predicted molar refractivity (Wildman–Crippen MR) is 76.6 cm³/mol. The molecular weight excluding hydrogens is 315 g/mol. The van der Waals surface area contributed by atoms with Crippen molar-refractivity contribution in [1.82, 2.24) is 5.32 Å². The number of carbonyl (C=O) groups is 2. The van der Waals surface area contributed by atoms with Gasteiger partial charge in [0.05, 0.1) is 7.11 Å². The third-order valence-electron chi connectivity index (χ3n) is 3.87. The van der Waals surface area contributed by atoms with Crippen LogP contribution in [0.15, 0.2) is 12.2 Å². The number of amides is 1. The largest absolute Gasteiger partial charge is 0.508 e. The summed E-state index contributed by atoms with van der Waals surface area (Å²) < 4.78 is 45.4. The molecule has 0 aromatic rings. The van der Waals surface area contributed by atoms with Crippen molar-refractivity contribution in [2.75, 3.05) is 20.3 Å². The van der Waals surface area contributed by atoms with Gasteiger partial charge in [0.1, 0.15) is 6.61 Å². The highest BCUT2D eigenvalue weighted by Gasteiger charge is 2.38. The Balaban J connectivity index is 2.38. The molecule has 2 atom stereocenters. The van der Waals surface area contributed by atoms with E-state index in [0.29, 0.717) is 6.42 Å². The van der Waals surface area contributed by atoms with E-state index in [0.717, 1.165) is 25.7 Å². The van der Waals surface area contributed by atoms with Crippen LogP contribution in [0.25, 0.3) is 0 Å². The number of hydrogen-bond donors (Lipinski definition) is 1. The molecule has 0 aromatic carbocycles. The van der Waals surface area contributed by atoms with Gasteiger partial charge >= 0.3 is 18.2 Å². The maximum Gasteiger partial charge on any atom is 0.508 e. The molecule has 0 spiro atoms. The highest BCUT2D eigenvalue weighted by molar-refractivity contribution is 5.81. The Morgan fingerprint density at radius 3 is 2.61 bits per heavy atom. The fourth-order valence-corrected chi connectivity index (χ4v) is 2.72. The number of hydrogen-bond acceptors (Lipinski definition) is 4. The number of nitrogens with one attached hydrogen (secondary N) is 1. The SMILES string of the molecule is COC(=O)OC/C=C/[C@@H]1CCCC[C@@H]1CCNC(=O)C(F)(F)F. The van der Waals surface area contributed by atoms with Crippen LogP contribution in [-0.2, 0) is 14.3 Å². The number of methoxy groups -OCH3 is 1. The molecule has 0 saturated heterocycles. The van der Waals surface area contributed by atoms with E-state index in [-0.39, 0.29) is 25.0 Å². The maximum absolute atomic E-state index is 12.1. The second-order valence-electron chi connectivity index (χ2n) is 5.44. The maximum atomic E-state index is 12.1. The van der Waals surface area contributed by atoms with Crippen LogP contribution in [0.5, 0.6) is 0 Å². The number of rotatable bonds is 6. The van der Waals surface area contributed by atoms with Gasteiger partial charge in [0.2, 0.25) is 0 Å². The van der Waals surface area contributed by atoms with E-state index in [9.17, 15) is 22.8 Å². The zero-order valence-corrected chi connectivity index (χ0v) is 13.0. The Labute approximate surface area is 133 Å². The van der Waals surface area contributed by atoms with Gasteiger partial charge in [-0.3, -0.25) is 4.79 Å². The van der Waals surface area contributed by atoms with E-state index in [1.807, 2.05) is 11.4 Å². The summed E-state index contributed by atoms with van der Waals surface area (Å²) >= 11 is 0. The van der Waals surface area contributed by atoms with Crippen molar-refractivity contribution in [3.8, 4) is 0 Å². The molecule has 8 heteroatoms. The van der Waals surface area contributed by atoms with Crippen LogP contribution >= 0.6 is 0 Å². The summed E-state index contributed by atoms with van der Waals surface area (Å²) in [6.45, 7) is 0.104. The lowest BCUT2D eigenvalue weighted by Gasteiger charge is -2.29. The fourth-order valence-electron chi connectivity index (χ4n) is 2.72. The molecule has 0 unspecified atom stereocenters. The van der Waals surface area contributed by atoms with E-state index < -0.39 is 18.2 Å². The zero-order chi connectivity index (χ0) is 17.3. The molecular formula is C15H22F3NO4. The summed E-state index contributed by atoms with van der Waals surface area (Å²) in [4.78, 5) is 21.6. The molecule has 1 rings (SSSR count). The van der Waals surface area contributed by atoms with Crippen molar-refractivity contribution in [3.05, 3.63) is 12.2 Å². The third-order valence-corrected chi connectivity index (χ3v) is 3.87. The first-order valence-corrected chi connectivity index (χ1v) is 7.57. The smallest absolute Gasteiger partial charge is 0.438 e. The summed E-state index contributed by atoms with van der Waals surface area (Å²) in [6, 6.07) is 0. The van der Waals surface area contributed by atoms with Crippen LogP contribution in [0.4, 0.5) is 18.0 Å². The summed E-state index contributed by atoms with van der Waals surface area (Å²) in [5.41, 5.74) is 0. The minimum atomic E-state index is -4.84. The van der Waals surface area contributed by atoms with Gasteiger partial charge in [0, 0.05) is 6.54 Å². The molecule has 0 radical (unpaired) electrons. The summed E-state index contributed by atoms with van der Waals surface area (Å²) in [5, 5.41) is 1.91. The van der Waals surface area contributed by atoms with Gasteiger partial charge in [-0.2, -0.15) is 13.2 Å². The zero-order valence-electron chi connectivity index (χ0n) is 13.0. The Hall–Kier alpha value is -1.73. The highest BCUT2D eigenvalue weighted by atomic mass is 19.4. The summed E-state index contributed by atoms with van der Waals surface area (Å²) in [7, 11) is 1.22. The molecule has 132 valence electrons. The van der Waals surface area contributed by atoms with E-state index in [1.54, 1.807) is 6.08 Å². The monoisotopic (exact) mass is 337 g/mol. The van der Waals surface area contributed by atoms with Gasteiger partial charge in [-0.15, -0.1) is 0 Å². The first-order chi connectivity index (χ1) is 10.8. The van der Waals surface area contributed by atoms with Crippen LogP contribution in [0, 0.1) is 11.8 Å². The molecule has 1 aliphatic carbocycles. The molecule has 0 bridgehead atoms. The lowest BCUT2D eigenvalue weighted by molar-refractivity contribution is -0.173. The second kappa shape index (κ2) is 9.42. The Bertz CT molecular complexity index is 423. The van der Waals surface area contributed by atoms with Crippen LogP contribution in [-0.4, -0.2) is 38.5 Å². The van der Waals surface area contributed by atoms with Gasteiger partial charge in [-0.25, -0.2) is 4.79 Å². The number of carbonyl (C=O) groups excluding carboxylic acids is 2. The van der Waals surface area contributed by atoms with Crippen molar-refractivity contribution in [2.45, 2.75) is 38.3 Å². The van der Waals surface area contributed by atoms with Gasteiger partial charge < -0.3 is 14.8 Å². The molecule has 1 aliphatic rings. The quantitative estimate of drug-likeness (QED) is 0.597. The molecule has 5 nitrogen and oxygen atoms in total. The molecule has 23 heavy (non-hydrogen) atoms. The molecule has 0 aliphatic heterocycles. The first-order valence-electron chi connectivity index (χ1n) is 7.57. The average molecular weight is 337 g/mol. The minimum absolute atomic E-state index is 0.00596. The lowest BCUT2D eigenvalue weighted by Crippen LogP contribution is -2.38. The average Bonchev–Trinajstić information content (AvgIpc) is 2.51. The second-order valence-corrected chi connectivity index (χ2v) is 5.44. The van der Waals surface area contributed by atoms with Crippen molar-refractivity contribution < 1.29 is 32.2 Å². The van der Waals surface area contributed by atoms with Crippen molar-refractivity contribution >= 4 is 12.1 Å². The molecule has 1 amide bonds. The van der Waals surface area contributed by atoms with Gasteiger partial charge in [0.15, 0.2) is 0 Å². The van der Waals surface area contributed by atoms with Crippen LogP contribution in [0.3, 0.4) is 0 Å². The molecule has 1 N–H and O–H groups in total. The molecule has 1 fully saturated rings. The van der Waals surface area contributed by atoms with Crippen LogP contribution in [0.1, 0.15) is 32.1 Å². The standard InChI is InChI=1S/C15H22F3NO4/c1-22-14(21)23-10-4-7-11-5-2-3-6-12(11)8-9-19-13(20)15(16,17)18/h4,7,11-12H,2-3,5-6,8-10H2,1H3,(H,19,20)/b7-4+/t11-,12+/m0/s1. The normalized spacial score (nSPS) is 21.9. The number of halogens is 3. The number of alkyl halides is 3. The van der Waals surface area contributed by atoms with E-state index in [2.05, 4.69) is 4.74 Å². The number of ether oxygens (including phenoxy) is 2. The predicted octanol–water partition coefficient (Wildman–Crippen LogP) is 3.20. The van der Waals surface area contributed by atoms with E-state index >= 15 is 0 Å². The van der Waals surface area contributed by atoms with E-state index in [1.165, 1.54) is 7.11 Å². The third kappa shape index (κ3) is 7.38. The summed E-state index contributed by atoms with van der Waals surface area (Å²) in [5.74, 6) is -1.47.